The minimum absolute atomic E-state index is 0.800. The Morgan fingerprint density at radius 1 is 1.11 bits per heavy atom. The summed E-state index contributed by atoms with van der Waals surface area (Å²) in [5.41, 5.74) is 1.21. The number of anilines is 1. The summed E-state index contributed by atoms with van der Waals surface area (Å²) in [4.78, 5) is 0. The Labute approximate surface area is 111 Å². The van der Waals surface area contributed by atoms with Crippen molar-refractivity contribution in [1.29, 1.82) is 0 Å². The van der Waals surface area contributed by atoms with Crippen molar-refractivity contribution in [2.24, 2.45) is 5.92 Å². The van der Waals surface area contributed by atoms with Crippen LogP contribution >= 0.6 is 0 Å². The summed E-state index contributed by atoms with van der Waals surface area (Å²) >= 11 is 0. The molecule has 1 aliphatic rings. The van der Waals surface area contributed by atoms with Crippen LogP contribution in [0.15, 0.2) is 24.3 Å². The summed E-state index contributed by atoms with van der Waals surface area (Å²) in [5.74, 6) is 1.84. The summed E-state index contributed by atoms with van der Waals surface area (Å²) in [7, 11) is 0. The molecule has 1 fully saturated rings. The van der Waals surface area contributed by atoms with E-state index in [2.05, 4.69) is 36.5 Å². The highest BCUT2D eigenvalue weighted by Gasteiger charge is 2.12. The van der Waals surface area contributed by atoms with Crippen molar-refractivity contribution in [3.63, 3.8) is 0 Å². The molecular weight excluding hydrogens is 222 g/mol. The largest absolute Gasteiger partial charge is 0.494 e. The fourth-order valence-electron chi connectivity index (χ4n) is 2.54. The number of hydrogen-bond acceptors (Lipinski definition) is 2. The molecule has 0 saturated heterocycles. The van der Waals surface area contributed by atoms with E-state index in [1.165, 1.54) is 37.8 Å². The first-order valence-electron chi connectivity index (χ1n) is 7.35. The molecule has 2 heteroatoms. The highest BCUT2D eigenvalue weighted by atomic mass is 16.5. The maximum atomic E-state index is 5.58. The van der Waals surface area contributed by atoms with Gasteiger partial charge in [-0.2, -0.15) is 0 Å². The Bertz CT molecular complexity index is 327. The van der Waals surface area contributed by atoms with E-state index < -0.39 is 0 Å². The van der Waals surface area contributed by atoms with Crippen LogP contribution in [0.4, 0.5) is 5.69 Å². The zero-order valence-corrected chi connectivity index (χ0v) is 11.5. The molecule has 1 saturated carbocycles. The maximum absolute atomic E-state index is 5.58. The van der Waals surface area contributed by atoms with Gasteiger partial charge < -0.3 is 10.1 Å². The zero-order chi connectivity index (χ0) is 12.6. The number of nitrogens with one attached hydrogen (secondary N) is 1. The van der Waals surface area contributed by atoms with Crippen LogP contribution in [0.1, 0.15) is 45.4 Å². The topological polar surface area (TPSA) is 21.3 Å². The van der Waals surface area contributed by atoms with Gasteiger partial charge in [0, 0.05) is 12.2 Å². The zero-order valence-electron chi connectivity index (χ0n) is 11.5. The molecule has 1 N–H and O–H groups in total. The van der Waals surface area contributed by atoms with E-state index >= 15 is 0 Å². The van der Waals surface area contributed by atoms with E-state index in [4.69, 9.17) is 4.74 Å². The molecule has 0 radical (unpaired) electrons. The highest BCUT2D eigenvalue weighted by molar-refractivity contribution is 5.46. The van der Waals surface area contributed by atoms with E-state index in [0.717, 1.165) is 31.2 Å². The number of ether oxygens (including phenoxy) is 1. The molecule has 1 aromatic rings. The molecule has 0 unspecified atom stereocenters. The third-order valence-electron chi connectivity index (χ3n) is 3.65. The molecule has 0 aromatic heterocycles. The average molecular weight is 247 g/mol. The summed E-state index contributed by atoms with van der Waals surface area (Å²) in [6.07, 6.45) is 8.10. The Morgan fingerprint density at radius 2 is 1.83 bits per heavy atom. The minimum Gasteiger partial charge on any atom is -0.494 e. The van der Waals surface area contributed by atoms with Crippen LogP contribution in [0.2, 0.25) is 0 Å². The second-order valence-electron chi connectivity index (χ2n) is 5.26. The molecule has 0 amide bonds. The van der Waals surface area contributed by atoms with Crippen LogP contribution < -0.4 is 10.1 Å². The molecule has 18 heavy (non-hydrogen) atoms. The molecule has 100 valence electrons. The molecule has 0 bridgehead atoms. The van der Waals surface area contributed by atoms with Crippen LogP contribution in [-0.4, -0.2) is 13.2 Å². The second-order valence-corrected chi connectivity index (χ2v) is 5.26. The van der Waals surface area contributed by atoms with Gasteiger partial charge in [-0.15, -0.1) is 0 Å². The van der Waals surface area contributed by atoms with Crippen molar-refractivity contribution in [2.75, 3.05) is 18.5 Å². The Balaban J connectivity index is 1.75. The van der Waals surface area contributed by atoms with Crippen LogP contribution in [0.5, 0.6) is 5.75 Å². The van der Waals surface area contributed by atoms with Gasteiger partial charge >= 0.3 is 0 Å². The quantitative estimate of drug-likeness (QED) is 0.801. The van der Waals surface area contributed by atoms with E-state index in [-0.39, 0.29) is 0 Å². The molecule has 1 aromatic carbocycles. The smallest absolute Gasteiger partial charge is 0.119 e. The molecule has 0 atom stereocenters. The molecule has 2 rings (SSSR count). The molecular formula is C16H25NO. The van der Waals surface area contributed by atoms with Crippen LogP contribution in [0.25, 0.3) is 0 Å². The van der Waals surface area contributed by atoms with Crippen molar-refractivity contribution in [3.8, 4) is 5.75 Å². The summed E-state index contributed by atoms with van der Waals surface area (Å²) in [6, 6.07) is 8.35. The first kappa shape index (κ1) is 13.3. The van der Waals surface area contributed by atoms with Crippen molar-refractivity contribution in [2.45, 2.75) is 45.4 Å². The first-order chi connectivity index (χ1) is 8.88. The first-order valence-corrected chi connectivity index (χ1v) is 7.35. The van der Waals surface area contributed by atoms with Crippen molar-refractivity contribution >= 4 is 5.69 Å². The van der Waals surface area contributed by atoms with Crippen molar-refractivity contribution in [3.05, 3.63) is 24.3 Å². The van der Waals surface area contributed by atoms with E-state index in [9.17, 15) is 0 Å². The van der Waals surface area contributed by atoms with Gasteiger partial charge in [0.1, 0.15) is 5.75 Å². The van der Waals surface area contributed by atoms with E-state index in [0.29, 0.717) is 0 Å². The average Bonchev–Trinajstić information content (AvgIpc) is 2.45. The van der Waals surface area contributed by atoms with Crippen LogP contribution in [0, 0.1) is 5.92 Å². The lowest BCUT2D eigenvalue weighted by Crippen LogP contribution is -2.16. The second kappa shape index (κ2) is 7.30. The van der Waals surface area contributed by atoms with Crippen LogP contribution in [-0.2, 0) is 0 Å². The van der Waals surface area contributed by atoms with Gasteiger partial charge in [0.15, 0.2) is 0 Å². The van der Waals surface area contributed by atoms with Gasteiger partial charge in [0.25, 0.3) is 0 Å². The van der Waals surface area contributed by atoms with Gasteiger partial charge in [-0.25, -0.2) is 0 Å². The number of benzene rings is 1. The van der Waals surface area contributed by atoms with Crippen molar-refractivity contribution < 1.29 is 4.74 Å². The van der Waals surface area contributed by atoms with Gasteiger partial charge in [-0.1, -0.05) is 26.2 Å². The molecule has 2 nitrogen and oxygen atoms in total. The molecule has 0 aliphatic heterocycles. The highest BCUT2D eigenvalue weighted by Crippen LogP contribution is 2.24. The minimum atomic E-state index is 0.800. The fourth-order valence-corrected chi connectivity index (χ4v) is 2.54. The van der Waals surface area contributed by atoms with Gasteiger partial charge in [-0.05, 0) is 49.4 Å². The van der Waals surface area contributed by atoms with E-state index in [1.54, 1.807) is 0 Å². The predicted octanol–water partition coefficient (Wildman–Crippen LogP) is 4.47. The van der Waals surface area contributed by atoms with Gasteiger partial charge in [-0.3, -0.25) is 0 Å². The van der Waals surface area contributed by atoms with E-state index in [1.807, 2.05) is 0 Å². The molecule has 0 spiro atoms. The normalized spacial score (nSPS) is 16.5. The summed E-state index contributed by atoms with van der Waals surface area (Å²) in [5, 5.41) is 3.54. The monoisotopic (exact) mass is 247 g/mol. The standard InChI is InChI=1S/C16H25NO/c1-2-12-18-16-10-8-15(9-11-16)17-13-14-6-4-3-5-7-14/h8-11,14,17H,2-7,12-13H2,1H3. The van der Waals surface area contributed by atoms with Gasteiger partial charge in [0.2, 0.25) is 0 Å². The van der Waals surface area contributed by atoms with Crippen molar-refractivity contribution in [1.82, 2.24) is 0 Å². The molecule has 0 heterocycles. The Morgan fingerprint density at radius 3 is 2.50 bits per heavy atom. The summed E-state index contributed by atoms with van der Waals surface area (Å²) in [6.45, 7) is 4.05. The lowest BCUT2D eigenvalue weighted by Gasteiger charge is -2.22. The SMILES string of the molecule is CCCOc1ccc(NCC2CCCCC2)cc1. The summed E-state index contributed by atoms with van der Waals surface area (Å²) < 4.78 is 5.58. The number of hydrogen-bond donors (Lipinski definition) is 1. The Hall–Kier alpha value is -1.18. The van der Waals surface area contributed by atoms with Gasteiger partial charge in [0.05, 0.1) is 6.61 Å². The third kappa shape index (κ3) is 4.25. The lowest BCUT2D eigenvalue weighted by molar-refractivity contribution is 0.317. The maximum Gasteiger partial charge on any atom is 0.119 e. The molecule has 1 aliphatic carbocycles. The van der Waals surface area contributed by atoms with Crippen LogP contribution in [0.3, 0.4) is 0 Å². The predicted molar refractivity (Wildman–Crippen MR) is 77.3 cm³/mol. The number of rotatable bonds is 6. The fraction of sp³-hybridized carbons (Fsp3) is 0.625. The lowest BCUT2D eigenvalue weighted by atomic mass is 9.89. The third-order valence-corrected chi connectivity index (χ3v) is 3.65. The Kier molecular flexibility index (Phi) is 5.37.